The molecule has 0 saturated heterocycles. The van der Waals surface area contributed by atoms with Gasteiger partial charge in [0.15, 0.2) is 0 Å². The molecule has 1 atom stereocenters. The molecule has 0 fully saturated rings. The van der Waals surface area contributed by atoms with E-state index in [0.717, 1.165) is 0 Å². The van der Waals surface area contributed by atoms with Crippen LogP contribution in [-0.4, -0.2) is 8.41 Å². The van der Waals surface area contributed by atoms with Crippen LogP contribution in [-0.2, 0) is 38.9 Å². The monoisotopic (exact) mass is 199 g/mol. The molecule has 0 aliphatic carbocycles. The maximum atomic E-state index is 0. The van der Waals surface area contributed by atoms with E-state index < -0.39 is 0 Å². The first-order chi connectivity index (χ1) is 0. The van der Waals surface area contributed by atoms with Gasteiger partial charge in [-0.3, -0.25) is 0 Å². The topological polar surface area (TPSA) is 0 Å². The Morgan fingerprint density at radius 2 is 1.00 bits per heavy atom. The molecule has 1 radical (unpaired) electrons. The zero-order valence-electron chi connectivity index (χ0n) is 1.47. The van der Waals surface area contributed by atoms with Crippen LogP contribution in [0, 0.1) is 0 Å². The summed E-state index contributed by atoms with van der Waals surface area (Å²) in [7, 11) is 0. The zero-order valence-corrected chi connectivity index (χ0v) is 6.07. The molecule has 4 heteroatoms. The van der Waals surface area contributed by atoms with E-state index in [1.807, 2.05) is 0 Å². The first kappa shape index (κ1) is 42.9. The van der Waals surface area contributed by atoms with Crippen molar-refractivity contribution in [1.29, 1.82) is 0 Å². The summed E-state index contributed by atoms with van der Waals surface area (Å²) in [5.74, 6) is 0. The van der Waals surface area contributed by atoms with E-state index in [0.29, 0.717) is 0 Å². The van der Waals surface area contributed by atoms with Crippen molar-refractivity contribution >= 4 is 18.3 Å². The molecule has 0 amide bonds. The molecule has 29 valence electrons. The molecule has 0 spiro atoms. The van der Waals surface area contributed by atoms with Crippen LogP contribution in [0.25, 0.3) is 0 Å². The summed E-state index contributed by atoms with van der Waals surface area (Å²) in [6.45, 7) is 0. The normalized spacial score (nSPS) is 0. The minimum absolute atomic E-state index is 0. The summed E-state index contributed by atoms with van der Waals surface area (Å²) in [6, 6.07) is 0. The maximum absolute atomic E-state index is 0. The molecular formula is H6BNbNiP. The Morgan fingerprint density at radius 3 is 1.00 bits per heavy atom. The van der Waals surface area contributed by atoms with Gasteiger partial charge in [0, 0.05) is 38.9 Å². The number of hydrogen-bond acceptors (Lipinski definition) is 0. The molecule has 0 bridgehead atoms. The van der Waals surface area contributed by atoms with Crippen LogP contribution >= 0.6 is 9.90 Å². The largest absolute Gasteiger partial charge is 0.153 e. The summed E-state index contributed by atoms with van der Waals surface area (Å²) < 4.78 is 0. The van der Waals surface area contributed by atoms with Crippen molar-refractivity contribution in [2.24, 2.45) is 0 Å². The Labute approximate surface area is 57.1 Å². The molecular weight excluding hydrogens is 193 g/mol. The van der Waals surface area contributed by atoms with Crippen molar-refractivity contribution in [3.63, 3.8) is 0 Å². The van der Waals surface area contributed by atoms with Crippen molar-refractivity contribution < 1.29 is 38.9 Å². The van der Waals surface area contributed by atoms with Gasteiger partial charge >= 0.3 is 0 Å². The van der Waals surface area contributed by atoms with Crippen LogP contribution in [0.15, 0.2) is 0 Å². The van der Waals surface area contributed by atoms with Gasteiger partial charge in [-0.25, -0.2) is 0 Å². The van der Waals surface area contributed by atoms with Crippen molar-refractivity contribution in [3.05, 3.63) is 0 Å². The predicted molar refractivity (Wildman–Crippen MR) is 21.0 cm³/mol. The second-order valence-corrected chi connectivity index (χ2v) is 0. The Morgan fingerprint density at radius 1 is 1.00 bits per heavy atom. The number of hydrogen-bond donors (Lipinski definition) is 0. The smallest absolute Gasteiger partial charge is 0.0814 e. The predicted octanol–water partition coefficient (Wildman–Crippen LogP) is -1.13. The molecule has 4 heavy (non-hydrogen) atoms. The molecule has 0 rings (SSSR count). The van der Waals surface area contributed by atoms with Crippen LogP contribution in [0.1, 0.15) is 0 Å². The average molecular weight is 199 g/mol. The van der Waals surface area contributed by atoms with E-state index in [2.05, 4.69) is 0 Å². The van der Waals surface area contributed by atoms with Crippen molar-refractivity contribution in [2.45, 2.75) is 0 Å². The first-order valence-electron chi connectivity index (χ1n) is 0. The molecule has 0 aromatic heterocycles. The van der Waals surface area contributed by atoms with E-state index in [4.69, 9.17) is 0 Å². The van der Waals surface area contributed by atoms with Gasteiger partial charge in [-0.1, -0.05) is 0 Å². The van der Waals surface area contributed by atoms with Crippen molar-refractivity contribution in [1.82, 2.24) is 0 Å². The molecule has 0 aliphatic rings. The van der Waals surface area contributed by atoms with E-state index in [9.17, 15) is 0 Å². The fraction of sp³-hybridized carbons (Fsp3) is 0. The molecule has 0 heterocycles. The van der Waals surface area contributed by atoms with Gasteiger partial charge in [0.2, 0.25) is 0 Å². The van der Waals surface area contributed by atoms with Gasteiger partial charge in [-0.05, 0) is 0 Å². The van der Waals surface area contributed by atoms with Gasteiger partial charge in [-0.2, -0.15) is 9.90 Å². The molecule has 0 aromatic carbocycles. The number of rotatable bonds is 0. The van der Waals surface area contributed by atoms with Gasteiger partial charge in [0.05, 0.1) is 8.41 Å². The summed E-state index contributed by atoms with van der Waals surface area (Å²) in [5, 5.41) is 0. The maximum Gasteiger partial charge on any atom is 0.0814 e. The fourth-order valence-electron chi connectivity index (χ4n) is 0. The summed E-state index contributed by atoms with van der Waals surface area (Å²) in [5.41, 5.74) is 0. The van der Waals surface area contributed by atoms with Crippen LogP contribution < -0.4 is 0 Å². The van der Waals surface area contributed by atoms with Gasteiger partial charge in [0.25, 0.3) is 0 Å². The van der Waals surface area contributed by atoms with E-state index in [-0.39, 0.29) is 57.2 Å². The minimum Gasteiger partial charge on any atom is -0.153 e. The zero-order chi connectivity index (χ0) is 0. The van der Waals surface area contributed by atoms with Gasteiger partial charge < -0.3 is 0 Å². The van der Waals surface area contributed by atoms with Gasteiger partial charge in [-0.15, -0.1) is 0 Å². The molecule has 0 aromatic rings. The second-order valence-electron chi connectivity index (χ2n) is 0. The third kappa shape index (κ3) is 9.29. The Hall–Kier alpha value is 1.73. The SMILES string of the molecule is B.P.[Nb].[Ni]. The minimum atomic E-state index is 0. The molecule has 0 saturated carbocycles. The van der Waals surface area contributed by atoms with Crippen LogP contribution in [0.2, 0.25) is 0 Å². The van der Waals surface area contributed by atoms with Crippen LogP contribution in [0.5, 0.6) is 0 Å². The third-order valence-corrected chi connectivity index (χ3v) is 0. The molecule has 0 aliphatic heterocycles. The third-order valence-electron chi connectivity index (χ3n) is 0. The van der Waals surface area contributed by atoms with Crippen LogP contribution in [0.3, 0.4) is 0 Å². The van der Waals surface area contributed by atoms with Gasteiger partial charge in [0.1, 0.15) is 0 Å². The Bertz CT molecular complexity index is 8.00. The first-order valence-corrected chi connectivity index (χ1v) is 0. The summed E-state index contributed by atoms with van der Waals surface area (Å²) in [6.07, 6.45) is 0. The standard InChI is InChI=1S/BH3.Nb.Ni.H3P/h1H3;;;1H3. The van der Waals surface area contributed by atoms with Crippen molar-refractivity contribution in [3.8, 4) is 0 Å². The van der Waals surface area contributed by atoms with E-state index >= 15 is 0 Å². The van der Waals surface area contributed by atoms with E-state index in [1.54, 1.807) is 0 Å². The van der Waals surface area contributed by atoms with Crippen LogP contribution in [0.4, 0.5) is 0 Å². The van der Waals surface area contributed by atoms with E-state index in [1.165, 1.54) is 0 Å². The fourth-order valence-corrected chi connectivity index (χ4v) is 0. The molecule has 0 N–H and O–H groups in total. The Balaban J connectivity index is 0. The summed E-state index contributed by atoms with van der Waals surface area (Å²) >= 11 is 0. The molecule has 0 nitrogen and oxygen atoms in total. The quantitative estimate of drug-likeness (QED) is 0.342. The second kappa shape index (κ2) is 22.0. The molecule has 1 unspecified atom stereocenters. The summed E-state index contributed by atoms with van der Waals surface area (Å²) in [4.78, 5) is 0. The average Bonchev–Trinajstić information content (AvgIpc) is 0. The Kier molecular flexibility index (Phi) is 236. The van der Waals surface area contributed by atoms with Crippen molar-refractivity contribution in [2.75, 3.05) is 0 Å².